The van der Waals surface area contributed by atoms with Gasteiger partial charge in [-0.05, 0) is 19.1 Å². The van der Waals surface area contributed by atoms with Crippen molar-refractivity contribution in [2.75, 3.05) is 32.6 Å². The molecule has 1 heterocycles. The molecule has 2 aromatic rings. The predicted octanol–water partition coefficient (Wildman–Crippen LogP) is 1.99. The molecule has 0 N–H and O–H groups in total. The van der Waals surface area contributed by atoms with Gasteiger partial charge < -0.3 is 14.2 Å². The van der Waals surface area contributed by atoms with Gasteiger partial charge in [0.2, 0.25) is 0 Å². The maximum absolute atomic E-state index is 12.2. The van der Waals surface area contributed by atoms with Gasteiger partial charge in [-0.3, -0.25) is 4.79 Å². The minimum atomic E-state index is -0.0401. The first-order valence-corrected chi connectivity index (χ1v) is 5.87. The maximum atomic E-state index is 12.2. The van der Waals surface area contributed by atoms with E-state index in [0.29, 0.717) is 29.2 Å². The zero-order valence-corrected chi connectivity index (χ0v) is 11.1. The van der Waals surface area contributed by atoms with Crippen LogP contribution in [0.4, 0.5) is 6.01 Å². The molecule has 0 saturated heterocycles. The Bertz CT molecular complexity index is 575. The Kier molecular flexibility index (Phi) is 3.23. The average Bonchev–Trinajstić information content (AvgIpc) is 2.80. The normalized spacial score (nSPS) is 10.7. The Balaban J connectivity index is 2.54. The van der Waals surface area contributed by atoms with Crippen LogP contribution in [0.5, 0.6) is 0 Å². The zero-order valence-electron chi connectivity index (χ0n) is 11.1. The summed E-state index contributed by atoms with van der Waals surface area (Å²) in [6.45, 7) is 2.60. The van der Waals surface area contributed by atoms with Gasteiger partial charge in [0.05, 0.1) is 5.56 Å². The molecule has 1 aromatic heterocycles. The molecule has 0 bridgehead atoms. The van der Waals surface area contributed by atoms with Gasteiger partial charge >= 0.3 is 0 Å². The van der Waals surface area contributed by atoms with Crippen molar-refractivity contribution in [2.45, 2.75) is 6.92 Å². The Hall–Kier alpha value is -2.04. The number of oxazole rings is 1. The lowest BCUT2D eigenvalue weighted by atomic mass is 10.1. The molecule has 96 valence electrons. The lowest BCUT2D eigenvalue weighted by Gasteiger charge is -2.14. The van der Waals surface area contributed by atoms with E-state index in [1.54, 1.807) is 22.9 Å². The number of carbonyl (C=O) groups is 1. The highest BCUT2D eigenvalue weighted by Crippen LogP contribution is 2.24. The molecule has 5 nitrogen and oxygen atoms in total. The van der Waals surface area contributed by atoms with Crippen LogP contribution in [0, 0.1) is 0 Å². The average molecular weight is 247 g/mol. The molecule has 0 saturated carbocycles. The van der Waals surface area contributed by atoms with Crippen LogP contribution < -0.4 is 4.90 Å². The van der Waals surface area contributed by atoms with Crippen molar-refractivity contribution in [3.8, 4) is 0 Å². The van der Waals surface area contributed by atoms with E-state index in [1.807, 2.05) is 33.2 Å². The summed E-state index contributed by atoms with van der Waals surface area (Å²) in [6, 6.07) is 5.91. The van der Waals surface area contributed by atoms with Crippen LogP contribution in [0.3, 0.4) is 0 Å². The van der Waals surface area contributed by atoms with E-state index in [0.717, 1.165) is 0 Å². The summed E-state index contributed by atoms with van der Waals surface area (Å²) in [5.74, 6) is -0.0401. The van der Waals surface area contributed by atoms with E-state index in [2.05, 4.69) is 4.98 Å². The minimum Gasteiger partial charge on any atom is -0.423 e. The number of rotatable bonds is 3. The van der Waals surface area contributed by atoms with Crippen LogP contribution in [-0.2, 0) is 0 Å². The Labute approximate surface area is 106 Å². The molecule has 0 atom stereocenters. The number of hydrogen-bond acceptors (Lipinski definition) is 4. The monoisotopic (exact) mass is 247 g/mol. The maximum Gasteiger partial charge on any atom is 0.297 e. The second kappa shape index (κ2) is 4.68. The Morgan fingerprint density at radius 2 is 2.06 bits per heavy atom. The van der Waals surface area contributed by atoms with E-state index >= 15 is 0 Å². The molecule has 0 aliphatic rings. The molecule has 0 aliphatic heterocycles. The number of anilines is 1. The largest absolute Gasteiger partial charge is 0.423 e. The summed E-state index contributed by atoms with van der Waals surface area (Å²) in [5, 5.41) is 0. The van der Waals surface area contributed by atoms with Crippen LogP contribution in [0.15, 0.2) is 22.6 Å². The van der Waals surface area contributed by atoms with Gasteiger partial charge in [0, 0.05) is 27.7 Å². The minimum absolute atomic E-state index is 0.0401. The van der Waals surface area contributed by atoms with E-state index in [-0.39, 0.29) is 5.91 Å². The highest BCUT2D eigenvalue weighted by atomic mass is 16.4. The van der Waals surface area contributed by atoms with Gasteiger partial charge in [0.25, 0.3) is 11.9 Å². The van der Waals surface area contributed by atoms with Crippen LogP contribution in [0.25, 0.3) is 11.1 Å². The van der Waals surface area contributed by atoms with Crippen molar-refractivity contribution in [1.82, 2.24) is 9.88 Å². The van der Waals surface area contributed by atoms with Gasteiger partial charge in [-0.25, -0.2) is 0 Å². The summed E-state index contributed by atoms with van der Waals surface area (Å²) < 4.78 is 5.58. The lowest BCUT2D eigenvalue weighted by molar-refractivity contribution is 0.0804. The topological polar surface area (TPSA) is 49.6 Å². The second-order valence-electron chi connectivity index (χ2n) is 4.36. The first-order chi connectivity index (χ1) is 8.54. The zero-order chi connectivity index (χ0) is 13.3. The highest BCUT2D eigenvalue weighted by molar-refractivity contribution is 6.04. The molecule has 0 spiro atoms. The van der Waals surface area contributed by atoms with E-state index < -0.39 is 0 Å². The quantitative estimate of drug-likeness (QED) is 0.832. The molecule has 0 unspecified atom stereocenters. The van der Waals surface area contributed by atoms with Crippen molar-refractivity contribution in [3.05, 3.63) is 23.8 Å². The Morgan fingerprint density at radius 3 is 2.67 bits per heavy atom. The molecule has 1 amide bonds. The third-order valence-corrected chi connectivity index (χ3v) is 2.84. The summed E-state index contributed by atoms with van der Waals surface area (Å²) in [6.07, 6.45) is 0. The van der Waals surface area contributed by atoms with E-state index in [4.69, 9.17) is 4.42 Å². The first-order valence-electron chi connectivity index (χ1n) is 5.87. The number of amides is 1. The second-order valence-corrected chi connectivity index (χ2v) is 4.36. The van der Waals surface area contributed by atoms with Crippen molar-refractivity contribution in [1.29, 1.82) is 0 Å². The molecule has 0 fully saturated rings. The summed E-state index contributed by atoms with van der Waals surface area (Å²) >= 11 is 0. The van der Waals surface area contributed by atoms with Crippen LogP contribution in [0.1, 0.15) is 17.3 Å². The SMILES string of the molecule is CCN(C)C(=O)c1cccc2oc(N(C)C)nc12. The molecule has 0 radical (unpaired) electrons. The van der Waals surface area contributed by atoms with Crippen molar-refractivity contribution >= 4 is 23.0 Å². The smallest absolute Gasteiger partial charge is 0.297 e. The molecular weight excluding hydrogens is 230 g/mol. The predicted molar refractivity (Wildman–Crippen MR) is 71.0 cm³/mol. The van der Waals surface area contributed by atoms with E-state index in [1.165, 1.54) is 0 Å². The van der Waals surface area contributed by atoms with Crippen LogP contribution >= 0.6 is 0 Å². The third-order valence-electron chi connectivity index (χ3n) is 2.84. The number of hydrogen-bond donors (Lipinski definition) is 0. The fraction of sp³-hybridized carbons (Fsp3) is 0.385. The van der Waals surface area contributed by atoms with Gasteiger partial charge in [0.15, 0.2) is 5.58 Å². The number of para-hydroxylation sites is 1. The van der Waals surface area contributed by atoms with Gasteiger partial charge in [-0.15, -0.1) is 0 Å². The van der Waals surface area contributed by atoms with Gasteiger partial charge in [-0.2, -0.15) is 4.98 Å². The van der Waals surface area contributed by atoms with Gasteiger partial charge in [0.1, 0.15) is 5.52 Å². The molecule has 0 aliphatic carbocycles. The number of fused-ring (bicyclic) bond motifs is 1. The van der Waals surface area contributed by atoms with Crippen molar-refractivity contribution in [2.24, 2.45) is 0 Å². The van der Waals surface area contributed by atoms with Crippen LogP contribution in [0.2, 0.25) is 0 Å². The Morgan fingerprint density at radius 1 is 1.33 bits per heavy atom. The van der Waals surface area contributed by atoms with Crippen LogP contribution in [-0.4, -0.2) is 43.5 Å². The van der Waals surface area contributed by atoms with E-state index in [9.17, 15) is 4.79 Å². The standard InChI is InChI=1S/C13H17N3O2/c1-5-16(4)12(17)9-7-6-8-10-11(9)14-13(18-10)15(2)3/h6-8H,5H2,1-4H3. The molecular formula is C13H17N3O2. The summed E-state index contributed by atoms with van der Waals surface area (Å²) in [7, 11) is 5.48. The lowest BCUT2D eigenvalue weighted by Crippen LogP contribution is -2.26. The first kappa shape index (κ1) is 12.4. The third kappa shape index (κ3) is 2.03. The van der Waals surface area contributed by atoms with Crippen molar-refractivity contribution < 1.29 is 9.21 Å². The molecule has 5 heteroatoms. The summed E-state index contributed by atoms with van der Waals surface area (Å²) in [5.41, 5.74) is 1.83. The number of nitrogens with zero attached hydrogens (tertiary/aromatic N) is 3. The highest BCUT2D eigenvalue weighted by Gasteiger charge is 2.18. The summed E-state index contributed by atoms with van der Waals surface area (Å²) in [4.78, 5) is 20.0. The van der Waals surface area contributed by atoms with Gasteiger partial charge in [-0.1, -0.05) is 6.07 Å². The molecule has 18 heavy (non-hydrogen) atoms. The number of carbonyl (C=O) groups excluding carboxylic acids is 1. The molecule has 1 aromatic carbocycles. The fourth-order valence-corrected chi connectivity index (χ4v) is 1.65. The fourth-order valence-electron chi connectivity index (χ4n) is 1.65. The van der Waals surface area contributed by atoms with Crippen molar-refractivity contribution in [3.63, 3.8) is 0 Å². The number of benzene rings is 1. The molecule has 2 rings (SSSR count). The number of aromatic nitrogens is 1.